The third-order valence-electron chi connectivity index (χ3n) is 5.34. The Bertz CT molecular complexity index is 469. The first-order valence-electron chi connectivity index (χ1n) is 9.52. The van der Waals surface area contributed by atoms with Crippen molar-refractivity contribution in [2.24, 2.45) is 17.3 Å². The number of carboxylic acid groups (broad SMARTS) is 1. The molecule has 1 fully saturated rings. The average molecular weight is 354 g/mol. The molecule has 0 bridgehead atoms. The summed E-state index contributed by atoms with van der Waals surface area (Å²) in [4.78, 5) is 23.2. The Balaban J connectivity index is 2.62. The lowest BCUT2D eigenvalue weighted by atomic mass is 9.86. The number of carboxylic acids is 1. The van der Waals surface area contributed by atoms with Crippen LogP contribution in [-0.2, 0) is 9.59 Å². The van der Waals surface area contributed by atoms with Gasteiger partial charge in [0.1, 0.15) is 5.78 Å². The molecule has 1 aliphatic rings. The first-order chi connectivity index (χ1) is 11.7. The highest BCUT2D eigenvalue weighted by atomic mass is 16.4. The van der Waals surface area contributed by atoms with Crippen LogP contribution in [-0.4, -0.2) is 39.3 Å². The van der Waals surface area contributed by atoms with Gasteiger partial charge in [0.05, 0.1) is 17.6 Å². The monoisotopic (exact) mass is 354 g/mol. The van der Waals surface area contributed by atoms with Gasteiger partial charge in [-0.3, -0.25) is 9.59 Å². The summed E-state index contributed by atoms with van der Waals surface area (Å²) in [5.41, 5.74) is -0.765. The van der Waals surface area contributed by atoms with Gasteiger partial charge in [-0.1, -0.05) is 58.6 Å². The zero-order chi connectivity index (χ0) is 19.0. The molecule has 1 rings (SSSR count). The molecule has 3 N–H and O–H groups in total. The summed E-state index contributed by atoms with van der Waals surface area (Å²) in [5, 5.41) is 29.1. The number of carbonyl (C=O) groups excluding carboxylic acids is 1. The molecular formula is C20H34O5. The van der Waals surface area contributed by atoms with Crippen LogP contribution < -0.4 is 0 Å². The van der Waals surface area contributed by atoms with Crippen molar-refractivity contribution in [3.05, 3.63) is 12.2 Å². The highest BCUT2D eigenvalue weighted by Gasteiger charge is 2.52. The van der Waals surface area contributed by atoms with Gasteiger partial charge in [0, 0.05) is 18.3 Å². The Morgan fingerprint density at radius 1 is 1.24 bits per heavy atom. The highest BCUT2D eigenvalue weighted by molar-refractivity contribution is 5.90. The first kappa shape index (κ1) is 21.8. The lowest BCUT2D eigenvalue weighted by molar-refractivity contribution is -0.137. The van der Waals surface area contributed by atoms with E-state index in [9.17, 15) is 19.8 Å². The van der Waals surface area contributed by atoms with Crippen molar-refractivity contribution in [3.63, 3.8) is 0 Å². The van der Waals surface area contributed by atoms with E-state index in [1.165, 1.54) is 0 Å². The Labute approximate surface area is 151 Å². The number of hydrogen-bond donors (Lipinski definition) is 3. The van der Waals surface area contributed by atoms with Gasteiger partial charge in [-0.05, 0) is 19.3 Å². The normalized spacial score (nSPS) is 27.1. The molecule has 4 atom stereocenters. The summed E-state index contributed by atoms with van der Waals surface area (Å²) in [6.07, 6.45) is 7.95. The predicted octanol–water partition coefficient (Wildman–Crippen LogP) is 3.33. The molecule has 0 aromatic carbocycles. The molecule has 0 heterocycles. The standard InChI is InChI=1S/C20H34O5/c1-4-9-14(21)12-13-16-15(18(24)20(2,3)19(16)25)10-7-5-6-8-11-17(22)23/h12-16,19,21,25H,4-11H2,1-3H3,(H,22,23)/b13-12+/t14-,15+,16+,19-/m0/s1. The van der Waals surface area contributed by atoms with Crippen LogP contribution in [0.4, 0.5) is 0 Å². The van der Waals surface area contributed by atoms with Gasteiger partial charge in [0.25, 0.3) is 0 Å². The van der Waals surface area contributed by atoms with E-state index in [0.717, 1.165) is 25.7 Å². The van der Waals surface area contributed by atoms with Gasteiger partial charge in [-0.2, -0.15) is 0 Å². The van der Waals surface area contributed by atoms with Crippen LogP contribution in [0, 0.1) is 17.3 Å². The lowest BCUT2D eigenvalue weighted by Gasteiger charge is -2.22. The summed E-state index contributed by atoms with van der Waals surface area (Å²) in [5.74, 6) is -1.17. The molecular weight excluding hydrogens is 320 g/mol. The molecule has 0 unspecified atom stereocenters. The molecule has 0 radical (unpaired) electrons. The topological polar surface area (TPSA) is 94.8 Å². The molecule has 1 aliphatic carbocycles. The molecule has 0 aromatic rings. The first-order valence-corrected chi connectivity index (χ1v) is 9.52. The van der Waals surface area contributed by atoms with Crippen LogP contribution in [0.2, 0.25) is 0 Å². The minimum Gasteiger partial charge on any atom is -0.481 e. The summed E-state index contributed by atoms with van der Waals surface area (Å²) in [6.45, 7) is 5.58. The second-order valence-corrected chi connectivity index (χ2v) is 7.80. The number of aliphatic carboxylic acids is 1. The second kappa shape index (κ2) is 10.1. The average Bonchev–Trinajstić information content (AvgIpc) is 2.69. The zero-order valence-electron chi connectivity index (χ0n) is 15.8. The minimum atomic E-state index is -0.772. The van der Waals surface area contributed by atoms with E-state index in [4.69, 9.17) is 5.11 Å². The van der Waals surface area contributed by atoms with E-state index in [0.29, 0.717) is 19.3 Å². The van der Waals surface area contributed by atoms with Crippen LogP contribution in [0.15, 0.2) is 12.2 Å². The van der Waals surface area contributed by atoms with Gasteiger partial charge in [-0.15, -0.1) is 0 Å². The molecule has 1 saturated carbocycles. The van der Waals surface area contributed by atoms with Crippen molar-refractivity contribution in [2.45, 2.75) is 84.3 Å². The van der Waals surface area contributed by atoms with Crippen molar-refractivity contribution in [1.29, 1.82) is 0 Å². The predicted molar refractivity (Wildman–Crippen MR) is 97.2 cm³/mol. The van der Waals surface area contributed by atoms with Crippen molar-refractivity contribution in [3.8, 4) is 0 Å². The minimum absolute atomic E-state index is 0.0881. The fourth-order valence-corrected chi connectivity index (χ4v) is 3.71. The summed E-state index contributed by atoms with van der Waals surface area (Å²) in [7, 11) is 0. The molecule has 0 saturated heterocycles. The van der Waals surface area contributed by atoms with E-state index in [-0.39, 0.29) is 24.0 Å². The van der Waals surface area contributed by atoms with Gasteiger partial charge in [0.2, 0.25) is 0 Å². The van der Waals surface area contributed by atoms with Gasteiger partial charge < -0.3 is 15.3 Å². The number of ketones is 1. The van der Waals surface area contributed by atoms with E-state index in [2.05, 4.69) is 0 Å². The quantitative estimate of drug-likeness (QED) is 0.391. The van der Waals surface area contributed by atoms with E-state index in [1.807, 2.05) is 13.0 Å². The molecule has 144 valence electrons. The van der Waals surface area contributed by atoms with E-state index < -0.39 is 23.6 Å². The third-order valence-corrected chi connectivity index (χ3v) is 5.34. The van der Waals surface area contributed by atoms with E-state index >= 15 is 0 Å². The van der Waals surface area contributed by atoms with Crippen molar-refractivity contribution in [2.75, 3.05) is 0 Å². The van der Waals surface area contributed by atoms with Gasteiger partial charge in [-0.25, -0.2) is 0 Å². The SMILES string of the molecule is CCC[C@H](O)/C=C/[C@@H]1[C@@H](CCCCCCC(=O)O)C(=O)C(C)(C)[C@H]1O. The van der Waals surface area contributed by atoms with Crippen LogP contribution >= 0.6 is 0 Å². The second-order valence-electron chi connectivity index (χ2n) is 7.80. The Morgan fingerprint density at radius 2 is 1.88 bits per heavy atom. The van der Waals surface area contributed by atoms with Crippen LogP contribution in [0.5, 0.6) is 0 Å². The van der Waals surface area contributed by atoms with Crippen LogP contribution in [0.1, 0.15) is 72.1 Å². The number of carbonyl (C=O) groups is 2. The molecule has 0 aliphatic heterocycles. The summed E-state index contributed by atoms with van der Waals surface area (Å²) >= 11 is 0. The zero-order valence-corrected chi connectivity index (χ0v) is 15.8. The van der Waals surface area contributed by atoms with Crippen LogP contribution in [0.25, 0.3) is 0 Å². The smallest absolute Gasteiger partial charge is 0.303 e. The largest absolute Gasteiger partial charge is 0.481 e. The van der Waals surface area contributed by atoms with Crippen molar-refractivity contribution < 1.29 is 24.9 Å². The fraction of sp³-hybridized carbons (Fsp3) is 0.800. The lowest BCUT2D eigenvalue weighted by Crippen LogP contribution is -2.31. The van der Waals surface area contributed by atoms with Crippen molar-refractivity contribution in [1.82, 2.24) is 0 Å². The Morgan fingerprint density at radius 3 is 2.48 bits per heavy atom. The third kappa shape index (κ3) is 6.23. The molecule has 5 nitrogen and oxygen atoms in total. The number of aliphatic hydroxyl groups excluding tert-OH is 2. The van der Waals surface area contributed by atoms with Crippen LogP contribution in [0.3, 0.4) is 0 Å². The molecule has 0 amide bonds. The maximum atomic E-state index is 12.7. The maximum Gasteiger partial charge on any atom is 0.303 e. The molecule has 0 spiro atoms. The Hall–Kier alpha value is -1.20. The maximum absolute atomic E-state index is 12.7. The number of unbranched alkanes of at least 4 members (excludes halogenated alkanes) is 3. The van der Waals surface area contributed by atoms with Gasteiger partial charge >= 0.3 is 5.97 Å². The Kier molecular flexibility index (Phi) is 8.80. The number of hydrogen-bond acceptors (Lipinski definition) is 4. The summed E-state index contributed by atoms with van der Waals surface area (Å²) < 4.78 is 0. The number of rotatable bonds is 11. The summed E-state index contributed by atoms with van der Waals surface area (Å²) in [6, 6.07) is 0. The fourth-order valence-electron chi connectivity index (χ4n) is 3.71. The molecule has 25 heavy (non-hydrogen) atoms. The number of Topliss-reactive ketones (excluding diaryl/α,β-unsaturated/α-hetero) is 1. The highest BCUT2D eigenvalue weighted by Crippen LogP contribution is 2.45. The molecule has 0 aromatic heterocycles. The molecule has 5 heteroatoms. The number of aliphatic hydroxyl groups is 2. The van der Waals surface area contributed by atoms with Gasteiger partial charge in [0.15, 0.2) is 0 Å². The van der Waals surface area contributed by atoms with E-state index in [1.54, 1.807) is 19.9 Å². The van der Waals surface area contributed by atoms with Crippen molar-refractivity contribution >= 4 is 11.8 Å².